The molecular weight excluding hydrogens is 296 g/mol. The highest BCUT2D eigenvalue weighted by molar-refractivity contribution is 7.91. The van der Waals surface area contributed by atoms with Gasteiger partial charge in [0, 0.05) is 12.1 Å². The van der Waals surface area contributed by atoms with Crippen molar-refractivity contribution >= 4 is 21.8 Å². The molecule has 0 radical (unpaired) electrons. The summed E-state index contributed by atoms with van der Waals surface area (Å²) in [6.07, 6.45) is 1.79. The largest absolute Gasteiger partial charge is 0.481 e. The summed E-state index contributed by atoms with van der Waals surface area (Å²) in [5.74, 6) is -1.05. The van der Waals surface area contributed by atoms with Crippen LogP contribution in [-0.4, -0.2) is 60.1 Å². The van der Waals surface area contributed by atoms with Gasteiger partial charge >= 0.3 is 12.0 Å². The van der Waals surface area contributed by atoms with Crippen LogP contribution in [0.1, 0.15) is 33.1 Å². The average Bonchev–Trinajstić information content (AvgIpc) is 3.09. The van der Waals surface area contributed by atoms with E-state index in [-0.39, 0.29) is 36.0 Å². The minimum Gasteiger partial charge on any atom is -0.481 e. The van der Waals surface area contributed by atoms with Gasteiger partial charge in [0.1, 0.15) is 0 Å². The Morgan fingerprint density at radius 1 is 1.33 bits per heavy atom. The molecule has 0 bridgehead atoms. The Balaban J connectivity index is 2.07. The molecule has 1 heterocycles. The van der Waals surface area contributed by atoms with Gasteiger partial charge in [-0.15, -0.1) is 0 Å². The molecule has 1 atom stereocenters. The number of carbonyl (C=O) groups is 2. The van der Waals surface area contributed by atoms with Crippen LogP contribution in [0.2, 0.25) is 0 Å². The van der Waals surface area contributed by atoms with E-state index >= 15 is 0 Å². The molecule has 2 rings (SSSR count). The third-order valence-electron chi connectivity index (χ3n) is 4.23. The summed E-state index contributed by atoms with van der Waals surface area (Å²) in [4.78, 5) is 24.6. The average molecular weight is 318 g/mol. The number of carbonyl (C=O) groups excluding carboxylic acids is 1. The van der Waals surface area contributed by atoms with E-state index in [2.05, 4.69) is 5.32 Å². The first kappa shape index (κ1) is 16.1. The Morgan fingerprint density at radius 3 is 2.48 bits per heavy atom. The molecule has 2 N–H and O–H groups in total. The number of hydrogen-bond donors (Lipinski definition) is 2. The lowest BCUT2D eigenvalue weighted by Gasteiger charge is -2.37. The topological polar surface area (TPSA) is 104 Å². The van der Waals surface area contributed by atoms with E-state index < -0.39 is 21.8 Å². The molecule has 1 unspecified atom stereocenters. The lowest BCUT2D eigenvalue weighted by atomic mass is 9.99. The van der Waals surface area contributed by atoms with Gasteiger partial charge in [0.2, 0.25) is 0 Å². The molecule has 1 aliphatic heterocycles. The van der Waals surface area contributed by atoms with Crippen LogP contribution >= 0.6 is 0 Å². The predicted molar refractivity (Wildman–Crippen MR) is 76.7 cm³/mol. The molecule has 0 aromatic carbocycles. The quantitative estimate of drug-likeness (QED) is 0.783. The summed E-state index contributed by atoms with van der Waals surface area (Å²) in [7, 11) is -3.28. The van der Waals surface area contributed by atoms with Crippen LogP contribution in [0.15, 0.2) is 0 Å². The molecule has 1 saturated heterocycles. The second kappa shape index (κ2) is 5.47. The fourth-order valence-corrected chi connectivity index (χ4v) is 4.30. The Bertz CT molecular complexity index is 539. The van der Waals surface area contributed by atoms with Gasteiger partial charge < -0.3 is 15.3 Å². The lowest BCUT2D eigenvalue weighted by Crippen LogP contribution is -2.58. The van der Waals surface area contributed by atoms with E-state index in [1.165, 1.54) is 4.90 Å². The van der Waals surface area contributed by atoms with Crippen LogP contribution in [0.25, 0.3) is 0 Å². The molecule has 21 heavy (non-hydrogen) atoms. The zero-order valence-electron chi connectivity index (χ0n) is 12.3. The van der Waals surface area contributed by atoms with Crippen LogP contribution in [0.4, 0.5) is 4.79 Å². The highest BCUT2D eigenvalue weighted by Crippen LogP contribution is 2.39. The molecule has 1 aliphatic carbocycles. The normalized spacial score (nSPS) is 25.4. The van der Waals surface area contributed by atoms with Crippen molar-refractivity contribution in [2.45, 2.75) is 44.7 Å². The third-order valence-corrected chi connectivity index (χ3v) is 5.93. The Labute approximate surface area is 124 Å². The standard InChI is InChI=1S/C13H22N2O5S/c1-13(2,9-3-4-9)14-12(18)15-5-6-21(19,20)8-10(15)7-11(16)17/h9-10H,3-8H2,1-2H3,(H,14,18)(H,16,17). The molecular formula is C13H22N2O5S. The Morgan fingerprint density at radius 2 is 1.95 bits per heavy atom. The third kappa shape index (κ3) is 4.09. The number of carboxylic acid groups (broad SMARTS) is 1. The number of sulfone groups is 1. The van der Waals surface area contributed by atoms with Crippen molar-refractivity contribution in [1.82, 2.24) is 10.2 Å². The van der Waals surface area contributed by atoms with Crippen molar-refractivity contribution in [2.24, 2.45) is 5.92 Å². The van der Waals surface area contributed by atoms with E-state index in [0.29, 0.717) is 5.92 Å². The highest BCUT2D eigenvalue weighted by Gasteiger charge is 2.42. The summed E-state index contributed by atoms with van der Waals surface area (Å²) in [5, 5.41) is 11.8. The second-order valence-electron chi connectivity index (χ2n) is 6.49. The molecule has 0 aromatic rings. The number of amides is 2. The number of urea groups is 1. The molecule has 2 fully saturated rings. The van der Waals surface area contributed by atoms with Gasteiger partial charge in [0.15, 0.2) is 9.84 Å². The fraction of sp³-hybridized carbons (Fsp3) is 0.846. The maximum absolute atomic E-state index is 12.4. The SMILES string of the molecule is CC(C)(NC(=O)N1CCS(=O)(=O)CC1CC(=O)O)C1CC1. The van der Waals surface area contributed by atoms with Crippen molar-refractivity contribution in [3.05, 3.63) is 0 Å². The van der Waals surface area contributed by atoms with E-state index in [9.17, 15) is 18.0 Å². The first-order chi connectivity index (χ1) is 9.61. The summed E-state index contributed by atoms with van der Waals surface area (Å²) in [5.41, 5.74) is -0.346. The number of nitrogens with one attached hydrogen (secondary N) is 1. The minimum atomic E-state index is -3.28. The summed E-state index contributed by atoms with van der Waals surface area (Å²) in [6, 6.07) is -1.16. The number of aliphatic carboxylic acids is 1. The van der Waals surface area contributed by atoms with Crippen LogP contribution in [-0.2, 0) is 14.6 Å². The number of nitrogens with zero attached hydrogens (tertiary/aromatic N) is 1. The van der Waals surface area contributed by atoms with Crippen LogP contribution in [0, 0.1) is 5.92 Å². The molecule has 0 aromatic heterocycles. The van der Waals surface area contributed by atoms with Crippen molar-refractivity contribution in [3.8, 4) is 0 Å². The molecule has 8 heteroatoms. The van der Waals surface area contributed by atoms with Crippen LogP contribution in [0.3, 0.4) is 0 Å². The fourth-order valence-electron chi connectivity index (χ4n) is 2.78. The molecule has 7 nitrogen and oxygen atoms in total. The van der Waals surface area contributed by atoms with Crippen LogP contribution in [0.5, 0.6) is 0 Å². The number of carboxylic acids is 1. The molecule has 1 saturated carbocycles. The predicted octanol–water partition coefficient (Wildman–Crippen LogP) is 0.458. The Hall–Kier alpha value is -1.31. The first-order valence-electron chi connectivity index (χ1n) is 7.12. The molecule has 0 spiro atoms. The van der Waals surface area contributed by atoms with Gasteiger partial charge in [0.25, 0.3) is 0 Å². The smallest absolute Gasteiger partial charge is 0.318 e. The van der Waals surface area contributed by atoms with Crippen molar-refractivity contribution in [3.63, 3.8) is 0 Å². The van der Waals surface area contributed by atoms with E-state index in [1.807, 2.05) is 13.8 Å². The summed E-state index contributed by atoms with van der Waals surface area (Å²) in [6.45, 7) is 3.93. The monoisotopic (exact) mass is 318 g/mol. The van der Waals surface area contributed by atoms with Crippen molar-refractivity contribution < 1.29 is 23.1 Å². The molecule has 2 amide bonds. The summed E-state index contributed by atoms with van der Waals surface area (Å²) >= 11 is 0. The molecule has 2 aliphatic rings. The van der Waals surface area contributed by atoms with Crippen LogP contribution < -0.4 is 5.32 Å². The number of hydrogen-bond acceptors (Lipinski definition) is 4. The van der Waals surface area contributed by atoms with Crippen molar-refractivity contribution in [1.29, 1.82) is 0 Å². The lowest BCUT2D eigenvalue weighted by molar-refractivity contribution is -0.138. The van der Waals surface area contributed by atoms with E-state index in [4.69, 9.17) is 5.11 Å². The zero-order valence-corrected chi connectivity index (χ0v) is 13.1. The highest BCUT2D eigenvalue weighted by atomic mass is 32.2. The van der Waals surface area contributed by atoms with Gasteiger partial charge in [-0.05, 0) is 32.6 Å². The van der Waals surface area contributed by atoms with Gasteiger partial charge in [-0.2, -0.15) is 0 Å². The maximum Gasteiger partial charge on any atom is 0.318 e. The van der Waals surface area contributed by atoms with Gasteiger partial charge in [0.05, 0.1) is 24.0 Å². The second-order valence-corrected chi connectivity index (χ2v) is 8.71. The zero-order chi connectivity index (χ0) is 15.8. The minimum absolute atomic E-state index is 0.0485. The summed E-state index contributed by atoms with van der Waals surface area (Å²) < 4.78 is 23.3. The van der Waals surface area contributed by atoms with Gasteiger partial charge in [-0.25, -0.2) is 13.2 Å². The van der Waals surface area contributed by atoms with Gasteiger partial charge in [-0.3, -0.25) is 4.79 Å². The van der Waals surface area contributed by atoms with E-state index in [0.717, 1.165) is 12.8 Å². The Kier molecular flexibility index (Phi) is 4.19. The van der Waals surface area contributed by atoms with E-state index in [1.54, 1.807) is 0 Å². The molecule has 120 valence electrons. The van der Waals surface area contributed by atoms with Crippen molar-refractivity contribution in [2.75, 3.05) is 18.1 Å². The van der Waals surface area contributed by atoms with Gasteiger partial charge in [-0.1, -0.05) is 0 Å². The first-order valence-corrected chi connectivity index (χ1v) is 8.94. The maximum atomic E-state index is 12.4. The number of rotatable bonds is 4.